The molecule has 2 aliphatic heterocycles. The zero-order valence-electron chi connectivity index (χ0n) is 24.7. The summed E-state index contributed by atoms with van der Waals surface area (Å²) in [6.07, 6.45) is -8.58. The fraction of sp³-hybridized carbons (Fsp3) is 0.548. The van der Waals surface area contributed by atoms with E-state index in [0.717, 1.165) is 4.90 Å². The highest BCUT2D eigenvalue weighted by Crippen LogP contribution is 2.59. The van der Waals surface area contributed by atoms with Crippen molar-refractivity contribution in [3.05, 3.63) is 70.0 Å². The molecule has 2 heterocycles. The average Bonchev–Trinajstić information content (AvgIpc) is 3.51. The van der Waals surface area contributed by atoms with Crippen LogP contribution in [0.5, 0.6) is 0 Å². The number of piperidine rings is 2. The van der Waals surface area contributed by atoms with Gasteiger partial charge in [-0.25, -0.2) is 9.18 Å². The van der Waals surface area contributed by atoms with Gasteiger partial charge in [0.2, 0.25) is 0 Å². The summed E-state index contributed by atoms with van der Waals surface area (Å²) in [5, 5.41) is 9.75. The minimum Gasteiger partial charge on any atom is -0.481 e. The van der Waals surface area contributed by atoms with Gasteiger partial charge in [-0.1, -0.05) is 6.07 Å². The maximum Gasteiger partial charge on any atom is 0.416 e. The van der Waals surface area contributed by atoms with Crippen LogP contribution in [0.25, 0.3) is 0 Å². The Bertz CT molecular complexity index is 1440. The van der Waals surface area contributed by atoms with Crippen LogP contribution in [0.4, 0.5) is 35.5 Å². The number of likely N-dealkylation sites (tertiary alicyclic amines) is 2. The predicted octanol–water partition coefficient (Wildman–Crippen LogP) is 7.07. The number of fused-ring (bicyclic) bond motifs is 1. The molecule has 0 bridgehead atoms. The number of aliphatic carboxylic acids is 1. The Morgan fingerprint density at radius 1 is 0.977 bits per heavy atom. The number of carboxylic acid groups (broad SMARTS) is 1. The van der Waals surface area contributed by atoms with Gasteiger partial charge < -0.3 is 14.9 Å². The first-order chi connectivity index (χ1) is 20.3. The van der Waals surface area contributed by atoms with Crippen LogP contribution >= 0.6 is 0 Å². The summed E-state index contributed by atoms with van der Waals surface area (Å²) in [5.41, 5.74) is -4.39. The lowest BCUT2D eigenvalue weighted by Crippen LogP contribution is -2.55. The molecule has 2 amide bonds. The quantitative estimate of drug-likeness (QED) is 0.360. The minimum atomic E-state index is -5.04. The zero-order chi connectivity index (χ0) is 32.6. The Morgan fingerprint density at radius 2 is 1.57 bits per heavy atom. The third-order valence-electron chi connectivity index (χ3n) is 9.95. The second-order valence-corrected chi connectivity index (χ2v) is 12.9. The summed E-state index contributed by atoms with van der Waals surface area (Å²) in [4.78, 5) is 30.8. The van der Waals surface area contributed by atoms with E-state index < -0.39 is 58.3 Å². The summed E-state index contributed by atoms with van der Waals surface area (Å²) < 4.78 is 95.8. The molecule has 44 heavy (non-hydrogen) atoms. The number of hydrogen-bond acceptors (Lipinski definition) is 3. The van der Waals surface area contributed by atoms with Gasteiger partial charge in [0, 0.05) is 32.7 Å². The Hall–Kier alpha value is -3.35. The van der Waals surface area contributed by atoms with Crippen molar-refractivity contribution in [2.24, 2.45) is 11.3 Å². The number of carbonyl (C=O) groups is 2. The minimum absolute atomic E-state index is 0.0519. The summed E-state index contributed by atoms with van der Waals surface area (Å²) in [6.45, 7) is 5.67. The summed E-state index contributed by atoms with van der Waals surface area (Å²) in [6, 6.07) is 4.21. The van der Waals surface area contributed by atoms with Crippen molar-refractivity contribution >= 4 is 12.0 Å². The molecule has 0 aromatic heterocycles. The van der Waals surface area contributed by atoms with Crippen LogP contribution in [-0.2, 0) is 22.7 Å². The zero-order valence-corrected chi connectivity index (χ0v) is 24.7. The van der Waals surface area contributed by atoms with Gasteiger partial charge in [0.05, 0.1) is 28.1 Å². The summed E-state index contributed by atoms with van der Waals surface area (Å²) in [5.74, 6) is -1.23. The SMILES string of the molecule is Cc1cc(F)ccc1C1CC(N2CC3CC3(C(=O)O)C2)CCN1C(=O)N(C)C(C)(C)c1cc(C(F)(F)F)cc(C(F)(F)F)c1. The van der Waals surface area contributed by atoms with Crippen LogP contribution in [0.1, 0.15) is 67.0 Å². The molecule has 3 aliphatic rings. The number of urea groups is 1. The molecule has 6 nitrogen and oxygen atoms in total. The third-order valence-corrected chi connectivity index (χ3v) is 9.95. The Morgan fingerprint density at radius 3 is 2.09 bits per heavy atom. The lowest BCUT2D eigenvalue weighted by atomic mass is 9.87. The van der Waals surface area contributed by atoms with E-state index in [9.17, 15) is 45.4 Å². The van der Waals surface area contributed by atoms with Crippen LogP contribution in [0, 0.1) is 24.1 Å². The Labute approximate surface area is 250 Å². The van der Waals surface area contributed by atoms with Gasteiger partial charge in [-0.2, -0.15) is 26.3 Å². The van der Waals surface area contributed by atoms with Crippen LogP contribution in [0.2, 0.25) is 0 Å². The second kappa shape index (κ2) is 10.6. The average molecular weight is 630 g/mol. The lowest BCUT2D eigenvalue weighted by Gasteiger charge is -2.47. The standard InChI is InChI=1S/C31H34F7N3O3/c1-17-9-22(32)5-6-24(17)25-13-23(40-15-21-14-29(21,16-40)26(42)43)7-8-41(25)27(44)39(4)28(2,3)18-10-19(30(33,34)35)12-20(11-18)31(36,37)38/h5-6,9-12,21,23,25H,7-8,13-16H2,1-4H3,(H,42,43). The van der Waals surface area contributed by atoms with Gasteiger partial charge in [-0.3, -0.25) is 9.69 Å². The van der Waals surface area contributed by atoms with Gasteiger partial charge >= 0.3 is 24.4 Å². The highest BCUT2D eigenvalue weighted by atomic mass is 19.4. The normalized spacial score (nSPS) is 26.0. The largest absolute Gasteiger partial charge is 0.481 e. The van der Waals surface area contributed by atoms with Gasteiger partial charge in [-0.05, 0) is 93.0 Å². The van der Waals surface area contributed by atoms with Crippen LogP contribution in [0.15, 0.2) is 36.4 Å². The third kappa shape index (κ3) is 5.63. The van der Waals surface area contributed by atoms with Crippen molar-refractivity contribution in [2.75, 3.05) is 26.7 Å². The predicted molar refractivity (Wildman–Crippen MR) is 146 cm³/mol. The van der Waals surface area contributed by atoms with E-state index in [-0.39, 0.29) is 30.1 Å². The lowest BCUT2D eigenvalue weighted by molar-refractivity contribution is -0.144. The molecule has 4 unspecified atom stereocenters. The van der Waals surface area contributed by atoms with Crippen LogP contribution in [0.3, 0.4) is 0 Å². The van der Waals surface area contributed by atoms with Crippen molar-refractivity contribution in [3.63, 3.8) is 0 Å². The topological polar surface area (TPSA) is 64.1 Å². The van der Waals surface area contributed by atoms with Crippen LogP contribution < -0.4 is 0 Å². The number of benzene rings is 2. The van der Waals surface area contributed by atoms with Gasteiger partial charge in [0.25, 0.3) is 0 Å². The van der Waals surface area contributed by atoms with Crippen molar-refractivity contribution in [1.82, 2.24) is 14.7 Å². The molecule has 0 radical (unpaired) electrons. The molecular weight excluding hydrogens is 595 g/mol. The molecule has 0 spiro atoms. The van der Waals surface area contributed by atoms with E-state index in [2.05, 4.69) is 4.90 Å². The number of hydrogen-bond donors (Lipinski definition) is 1. The maximum absolute atomic E-state index is 14.1. The molecule has 3 fully saturated rings. The van der Waals surface area contributed by atoms with E-state index in [1.54, 1.807) is 13.0 Å². The fourth-order valence-corrected chi connectivity index (χ4v) is 6.88. The molecule has 1 N–H and O–H groups in total. The fourth-order valence-electron chi connectivity index (χ4n) is 6.88. The maximum atomic E-state index is 14.1. The molecular formula is C31H34F7N3O3. The first-order valence-corrected chi connectivity index (χ1v) is 14.3. The highest BCUT2D eigenvalue weighted by Gasteiger charge is 2.66. The molecule has 2 aromatic carbocycles. The number of nitrogens with zero attached hydrogens (tertiary/aromatic N) is 3. The number of carbonyl (C=O) groups excluding carboxylic acids is 1. The van der Waals surface area contributed by atoms with Crippen molar-refractivity contribution < 1.29 is 45.4 Å². The van der Waals surface area contributed by atoms with E-state index in [1.807, 2.05) is 0 Å². The monoisotopic (exact) mass is 629 g/mol. The number of alkyl halides is 6. The van der Waals surface area contributed by atoms with E-state index in [4.69, 9.17) is 0 Å². The van der Waals surface area contributed by atoms with E-state index in [1.165, 1.54) is 37.9 Å². The number of amides is 2. The van der Waals surface area contributed by atoms with Gasteiger partial charge in [0.1, 0.15) is 5.82 Å². The van der Waals surface area contributed by atoms with E-state index in [0.29, 0.717) is 55.6 Å². The molecule has 1 saturated carbocycles. The van der Waals surface area contributed by atoms with Crippen molar-refractivity contribution in [1.29, 1.82) is 0 Å². The number of carboxylic acids is 1. The van der Waals surface area contributed by atoms with Crippen molar-refractivity contribution in [3.8, 4) is 0 Å². The Balaban J connectivity index is 1.46. The summed E-state index contributed by atoms with van der Waals surface area (Å²) >= 11 is 0. The number of aryl methyl sites for hydroxylation is 1. The number of halogens is 7. The molecule has 5 rings (SSSR count). The smallest absolute Gasteiger partial charge is 0.416 e. The Kier molecular flexibility index (Phi) is 7.74. The van der Waals surface area contributed by atoms with Gasteiger partial charge in [-0.15, -0.1) is 0 Å². The highest BCUT2D eigenvalue weighted by molar-refractivity contribution is 5.80. The number of rotatable bonds is 5. The molecule has 240 valence electrons. The van der Waals surface area contributed by atoms with Crippen LogP contribution in [-0.4, -0.2) is 64.5 Å². The first kappa shape index (κ1) is 32.1. The molecule has 2 aromatic rings. The molecule has 2 saturated heterocycles. The molecule has 1 aliphatic carbocycles. The van der Waals surface area contributed by atoms with Crippen molar-refractivity contribution in [2.45, 2.75) is 70.0 Å². The second-order valence-electron chi connectivity index (χ2n) is 12.9. The van der Waals surface area contributed by atoms with Gasteiger partial charge in [0.15, 0.2) is 0 Å². The first-order valence-electron chi connectivity index (χ1n) is 14.3. The van der Waals surface area contributed by atoms with E-state index >= 15 is 0 Å². The summed E-state index contributed by atoms with van der Waals surface area (Å²) in [7, 11) is 1.33. The molecule has 13 heteroatoms. The molecule has 4 atom stereocenters.